The molecule has 0 radical (unpaired) electrons. The van der Waals surface area contributed by atoms with Crippen molar-refractivity contribution in [3.63, 3.8) is 0 Å². The molecule has 1 unspecified atom stereocenters. The second kappa shape index (κ2) is 7.17. The summed E-state index contributed by atoms with van der Waals surface area (Å²) in [5.41, 5.74) is 2.34. The molecule has 1 aliphatic rings. The van der Waals surface area contributed by atoms with Gasteiger partial charge in [0.1, 0.15) is 4.90 Å². The summed E-state index contributed by atoms with van der Waals surface area (Å²) in [6, 6.07) is 3.09. The van der Waals surface area contributed by atoms with E-state index in [1.165, 1.54) is 16.6 Å². The fraction of sp³-hybridized carbons (Fsp3) is 0.615. The third kappa shape index (κ3) is 3.70. The lowest BCUT2D eigenvalue weighted by Crippen LogP contribution is -2.43. The van der Waals surface area contributed by atoms with Crippen LogP contribution in [-0.2, 0) is 14.8 Å². The second-order valence-corrected chi connectivity index (χ2v) is 6.90. The minimum atomic E-state index is -3.61. The van der Waals surface area contributed by atoms with E-state index < -0.39 is 10.0 Å². The summed E-state index contributed by atoms with van der Waals surface area (Å²) in [5, 5.41) is 0. The molecule has 0 spiro atoms. The molecule has 1 aromatic rings. The first kappa shape index (κ1) is 16.2. The summed E-state index contributed by atoms with van der Waals surface area (Å²) in [6.07, 6.45) is 4.06. The van der Waals surface area contributed by atoms with Crippen LogP contribution in [0.15, 0.2) is 23.2 Å². The highest BCUT2D eigenvalue weighted by atomic mass is 32.2. The van der Waals surface area contributed by atoms with E-state index in [9.17, 15) is 8.42 Å². The van der Waals surface area contributed by atoms with Crippen molar-refractivity contribution in [2.24, 2.45) is 5.84 Å². The fourth-order valence-corrected chi connectivity index (χ4v) is 4.01. The molecule has 3 N–H and O–H groups in total. The topological polar surface area (TPSA) is 97.5 Å². The summed E-state index contributed by atoms with van der Waals surface area (Å²) in [5.74, 6) is 5.51. The number of nitrogens with two attached hydrogens (primary N) is 1. The smallest absolute Gasteiger partial charge is 0.246 e. The van der Waals surface area contributed by atoms with Gasteiger partial charge in [0, 0.05) is 25.9 Å². The second-order valence-electron chi connectivity index (χ2n) is 4.99. The van der Waals surface area contributed by atoms with Gasteiger partial charge in [-0.2, -0.15) is 4.31 Å². The standard InChI is InChI=1S/C13H22N4O3S/c1-2-9-20-11-5-4-8-17(10-11)21(18,19)12-6-3-7-15-13(12)16-14/h3,6-7,11H,2,4-5,8-10,14H2,1H3,(H,15,16). The Balaban J connectivity index is 2.18. The lowest BCUT2D eigenvalue weighted by molar-refractivity contribution is 0.0193. The Morgan fingerprint density at radius 2 is 2.38 bits per heavy atom. The van der Waals surface area contributed by atoms with Crippen LogP contribution < -0.4 is 11.3 Å². The molecule has 1 aromatic heterocycles. The average Bonchev–Trinajstić information content (AvgIpc) is 2.53. The monoisotopic (exact) mass is 314 g/mol. The van der Waals surface area contributed by atoms with Gasteiger partial charge in [-0.25, -0.2) is 19.2 Å². The molecular weight excluding hydrogens is 292 g/mol. The van der Waals surface area contributed by atoms with E-state index >= 15 is 0 Å². The third-order valence-electron chi connectivity index (χ3n) is 3.42. The number of hydrogen-bond acceptors (Lipinski definition) is 6. The number of nitrogens with one attached hydrogen (secondary N) is 1. The van der Waals surface area contributed by atoms with Crippen molar-refractivity contribution < 1.29 is 13.2 Å². The Morgan fingerprint density at radius 1 is 1.57 bits per heavy atom. The fourth-order valence-electron chi connectivity index (χ4n) is 2.39. The number of pyridine rings is 1. The van der Waals surface area contributed by atoms with Gasteiger partial charge >= 0.3 is 0 Å². The number of rotatable bonds is 6. The maximum atomic E-state index is 12.7. The van der Waals surface area contributed by atoms with Gasteiger partial charge in [-0.1, -0.05) is 6.92 Å². The number of ether oxygens (including phenoxy) is 1. The van der Waals surface area contributed by atoms with Gasteiger partial charge < -0.3 is 10.2 Å². The molecule has 1 saturated heterocycles. The van der Waals surface area contributed by atoms with Crippen molar-refractivity contribution in [3.05, 3.63) is 18.3 Å². The van der Waals surface area contributed by atoms with Crippen LogP contribution in [0.2, 0.25) is 0 Å². The van der Waals surface area contributed by atoms with Gasteiger partial charge in [-0.05, 0) is 31.4 Å². The molecule has 8 heteroatoms. The highest BCUT2D eigenvalue weighted by Gasteiger charge is 2.32. The van der Waals surface area contributed by atoms with E-state index in [1.807, 2.05) is 6.92 Å². The average molecular weight is 314 g/mol. The predicted octanol–water partition coefficient (Wildman–Crippen LogP) is 0.947. The SMILES string of the molecule is CCCOC1CCCN(S(=O)(=O)c2cccnc2NN)C1. The van der Waals surface area contributed by atoms with E-state index in [0.717, 1.165) is 19.3 Å². The predicted molar refractivity (Wildman–Crippen MR) is 80.1 cm³/mol. The zero-order valence-corrected chi connectivity index (χ0v) is 13.0. The van der Waals surface area contributed by atoms with E-state index in [0.29, 0.717) is 19.7 Å². The van der Waals surface area contributed by atoms with Crippen LogP contribution in [0, 0.1) is 0 Å². The number of piperidine rings is 1. The first-order chi connectivity index (χ1) is 10.1. The zero-order chi connectivity index (χ0) is 15.3. The zero-order valence-electron chi connectivity index (χ0n) is 12.2. The van der Waals surface area contributed by atoms with Crippen LogP contribution in [0.1, 0.15) is 26.2 Å². The summed E-state index contributed by atoms with van der Waals surface area (Å²) in [6.45, 7) is 3.56. The molecule has 7 nitrogen and oxygen atoms in total. The highest BCUT2D eigenvalue weighted by molar-refractivity contribution is 7.89. The van der Waals surface area contributed by atoms with Crippen molar-refractivity contribution in [2.45, 2.75) is 37.2 Å². The van der Waals surface area contributed by atoms with Crippen LogP contribution in [0.5, 0.6) is 0 Å². The molecule has 1 aliphatic heterocycles. The Labute approximate surface area is 125 Å². The number of nitrogen functional groups attached to an aromatic ring is 1. The number of nitrogens with zero attached hydrogens (tertiary/aromatic N) is 2. The summed E-state index contributed by atoms with van der Waals surface area (Å²) in [4.78, 5) is 4.05. The number of anilines is 1. The van der Waals surface area contributed by atoms with Gasteiger partial charge in [-0.3, -0.25) is 0 Å². The number of sulfonamides is 1. The molecule has 2 heterocycles. The maximum absolute atomic E-state index is 12.7. The first-order valence-electron chi connectivity index (χ1n) is 7.13. The van der Waals surface area contributed by atoms with E-state index in [-0.39, 0.29) is 16.8 Å². The molecule has 118 valence electrons. The van der Waals surface area contributed by atoms with Crippen LogP contribution in [0.25, 0.3) is 0 Å². The molecule has 0 saturated carbocycles. The van der Waals surface area contributed by atoms with Crippen molar-refractivity contribution in [1.29, 1.82) is 0 Å². The third-order valence-corrected chi connectivity index (χ3v) is 5.32. The van der Waals surface area contributed by atoms with Gasteiger partial charge in [-0.15, -0.1) is 0 Å². The van der Waals surface area contributed by atoms with Gasteiger partial charge in [0.25, 0.3) is 0 Å². The van der Waals surface area contributed by atoms with Gasteiger partial charge in [0.15, 0.2) is 5.82 Å². The Kier molecular flexibility index (Phi) is 5.51. The summed E-state index contributed by atoms with van der Waals surface area (Å²) >= 11 is 0. The molecule has 0 aromatic carbocycles. The van der Waals surface area contributed by atoms with Crippen LogP contribution >= 0.6 is 0 Å². The summed E-state index contributed by atoms with van der Waals surface area (Å²) in [7, 11) is -3.61. The van der Waals surface area contributed by atoms with Crippen molar-refractivity contribution in [2.75, 3.05) is 25.1 Å². The molecule has 1 atom stereocenters. The van der Waals surface area contributed by atoms with Crippen LogP contribution in [-0.4, -0.2) is 43.5 Å². The van der Waals surface area contributed by atoms with E-state index in [4.69, 9.17) is 10.6 Å². The largest absolute Gasteiger partial charge is 0.377 e. The maximum Gasteiger partial charge on any atom is 0.246 e. The Morgan fingerprint density at radius 3 is 3.10 bits per heavy atom. The van der Waals surface area contributed by atoms with E-state index in [1.54, 1.807) is 6.07 Å². The first-order valence-corrected chi connectivity index (χ1v) is 8.57. The van der Waals surface area contributed by atoms with Gasteiger partial charge in [0.2, 0.25) is 10.0 Å². The lowest BCUT2D eigenvalue weighted by Gasteiger charge is -2.32. The van der Waals surface area contributed by atoms with Crippen LogP contribution in [0.4, 0.5) is 5.82 Å². The molecule has 0 amide bonds. The molecule has 1 fully saturated rings. The lowest BCUT2D eigenvalue weighted by atomic mass is 10.1. The van der Waals surface area contributed by atoms with Crippen molar-refractivity contribution >= 4 is 15.8 Å². The minimum absolute atomic E-state index is 0.0422. The Hall–Kier alpha value is -1.22. The highest BCUT2D eigenvalue weighted by Crippen LogP contribution is 2.25. The number of aromatic nitrogens is 1. The molecule has 2 rings (SSSR count). The molecule has 0 aliphatic carbocycles. The quantitative estimate of drug-likeness (QED) is 0.599. The molecular formula is C13H22N4O3S. The van der Waals surface area contributed by atoms with Crippen molar-refractivity contribution in [1.82, 2.24) is 9.29 Å². The minimum Gasteiger partial charge on any atom is -0.377 e. The Bertz CT molecular complexity index is 564. The van der Waals surface area contributed by atoms with Crippen LogP contribution in [0.3, 0.4) is 0 Å². The molecule has 0 bridgehead atoms. The van der Waals surface area contributed by atoms with Crippen molar-refractivity contribution in [3.8, 4) is 0 Å². The normalized spacial score (nSPS) is 20.4. The van der Waals surface area contributed by atoms with E-state index in [2.05, 4.69) is 10.4 Å². The molecule has 21 heavy (non-hydrogen) atoms. The number of hydrogen-bond donors (Lipinski definition) is 2. The number of hydrazine groups is 1. The summed E-state index contributed by atoms with van der Waals surface area (Å²) < 4.78 is 32.6. The van der Waals surface area contributed by atoms with Gasteiger partial charge in [0.05, 0.1) is 6.10 Å².